The van der Waals surface area contributed by atoms with Gasteiger partial charge in [-0.3, -0.25) is 0 Å². The minimum absolute atomic E-state index is 0.598. The zero-order valence-electron chi connectivity index (χ0n) is 12.8. The Morgan fingerprint density at radius 1 is 0.857 bits per heavy atom. The van der Waals surface area contributed by atoms with Gasteiger partial charge in [0.25, 0.3) is 0 Å². The first-order chi connectivity index (χ1) is 10.3. The van der Waals surface area contributed by atoms with Crippen LogP contribution in [0.3, 0.4) is 0 Å². The van der Waals surface area contributed by atoms with E-state index >= 15 is 0 Å². The standard InChI is InChI=1S/C18H23NO2/c1-3-13-20-17-6-4-5-7-18(17)21-14-12-19-16-10-8-15(2)9-11-16/h4-11,19H,3,12-14H2,1-2H3. The van der Waals surface area contributed by atoms with Crippen LogP contribution in [0.25, 0.3) is 0 Å². The van der Waals surface area contributed by atoms with Crippen molar-refractivity contribution in [3.63, 3.8) is 0 Å². The highest BCUT2D eigenvalue weighted by Crippen LogP contribution is 2.26. The van der Waals surface area contributed by atoms with Crippen LogP contribution in [0.15, 0.2) is 48.5 Å². The molecular weight excluding hydrogens is 262 g/mol. The highest BCUT2D eigenvalue weighted by Gasteiger charge is 2.03. The Labute approximate surface area is 126 Å². The largest absolute Gasteiger partial charge is 0.490 e. The number of nitrogens with one attached hydrogen (secondary N) is 1. The topological polar surface area (TPSA) is 30.5 Å². The SMILES string of the molecule is CCCOc1ccccc1OCCNc1ccc(C)cc1. The third-order valence-corrected chi connectivity index (χ3v) is 3.05. The lowest BCUT2D eigenvalue weighted by Gasteiger charge is -2.13. The Hall–Kier alpha value is -2.16. The van der Waals surface area contributed by atoms with E-state index in [9.17, 15) is 0 Å². The van der Waals surface area contributed by atoms with Crippen LogP contribution in [-0.4, -0.2) is 19.8 Å². The number of hydrogen-bond donors (Lipinski definition) is 1. The first-order valence-electron chi connectivity index (χ1n) is 7.44. The second kappa shape index (κ2) is 8.20. The van der Waals surface area contributed by atoms with Gasteiger partial charge >= 0.3 is 0 Å². The van der Waals surface area contributed by atoms with Crippen molar-refractivity contribution in [1.82, 2.24) is 0 Å². The molecule has 0 atom stereocenters. The summed E-state index contributed by atoms with van der Waals surface area (Å²) in [5.41, 5.74) is 2.37. The van der Waals surface area contributed by atoms with Crippen LogP contribution in [0.2, 0.25) is 0 Å². The lowest BCUT2D eigenvalue weighted by atomic mass is 10.2. The van der Waals surface area contributed by atoms with Gasteiger partial charge in [0.2, 0.25) is 0 Å². The second-order valence-electron chi connectivity index (χ2n) is 4.94. The van der Waals surface area contributed by atoms with Crippen LogP contribution in [-0.2, 0) is 0 Å². The van der Waals surface area contributed by atoms with Crippen molar-refractivity contribution >= 4 is 5.69 Å². The van der Waals surface area contributed by atoms with Gasteiger partial charge in [-0.15, -0.1) is 0 Å². The molecular formula is C18H23NO2. The van der Waals surface area contributed by atoms with Gasteiger partial charge in [-0.1, -0.05) is 36.8 Å². The molecule has 112 valence electrons. The molecule has 0 saturated heterocycles. The van der Waals surface area contributed by atoms with Crippen LogP contribution < -0.4 is 14.8 Å². The van der Waals surface area contributed by atoms with Gasteiger partial charge < -0.3 is 14.8 Å². The molecule has 0 aliphatic carbocycles. The summed E-state index contributed by atoms with van der Waals surface area (Å²) in [6.07, 6.45) is 0.989. The number of ether oxygens (including phenoxy) is 2. The van der Waals surface area contributed by atoms with Crippen LogP contribution in [0.5, 0.6) is 11.5 Å². The summed E-state index contributed by atoms with van der Waals surface area (Å²) in [5, 5.41) is 3.34. The fourth-order valence-electron chi connectivity index (χ4n) is 1.93. The molecule has 2 rings (SSSR count). The molecule has 3 heteroatoms. The number of aryl methyl sites for hydroxylation is 1. The molecule has 0 unspecified atom stereocenters. The maximum Gasteiger partial charge on any atom is 0.161 e. The van der Waals surface area contributed by atoms with Crippen molar-refractivity contribution in [2.45, 2.75) is 20.3 Å². The van der Waals surface area contributed by atoms with E-state index in [2.05, 4.69) is 43.4 Å². The Morgan fingerprint density at radius 2 is 1.48 bits per heavy atom. The number of rotatable bonds is 8. The minimum atomic E-state index is 0.598. The molecule has 1 N–H and O–H groups in total. The summed E-state index contributed by atoms with van der Waals surface area (Å²) in [5.74, 6) is 1.62. The molecule has 0 radical (unpaired) electrons. The molecule has 21 heavy (non-hydrogen) atoms. The summed E-state index contributed by atoms with van der Waals surface area (Å²) in [6, 6.07) is 16.1. The second-order valence-corrected chi connectivity index (χ2v) is 4.94. The third kappa shape index (κ3) is 5.03. The van der Waals surface area contributed by atoms with Crippen molar-refractivity contribution in [2.75, 3.05) is 25.1 Å². The Morgan fingerprint density at radius 3 is 2.10 bits per heavy atom. The monoisotopic (exact) mass is 285 g/mol. The van der Waals surface area contributed by atoms with E-state index in [4.69, 9.17) is 9.47 Å². The van der Waals surface area contributed by atoms with Crippen molar-refractivity contribution in [3.05, 3.63) is 54.1 Å². The molecule has 0 aromatic heterocycles. The van der Waals surface area contributed by atoms with E-state index in [0.717, 1.165) is 30.2 Å². The zero-order valence-corrected chi connectivity index (χ0v) is 12.8. The molecule has 3 nitrogen and oxygen atoms in total. The van der Waals surface area contributed by atoms with Gasteiger partial charge in [-0.25, -0.2) is 0 Å². The summed E-state index contributed by atoms with van der Waals surface area (Å²) in [6.45, 7) is 6.24. The average molecular weight is 285 g/mol. The summed E-state index contributed by atoms with van der Waals surface area (Å²) in [7, 11) is 0. The van der Waals surface area contributed by atoms with Crippen LogP contribution in [0.1, 0.15) is 18.9 Å². The van der Waals surface area contributed by atoms with Crippen molar-refractivity contribution in [2.24, 2.45) is 0 Å². The molecule has 0 aliphatic rings. The van der Waals surface area contributed by atoms with Crippen LogP contribution >= 0.6 is 0 Å². The number of hydrogen-bond acceptors (Lipinski definition) is 3. The summed E-state index contributed by atoms with van der Waals surface area (Å²) < 4.78 is 11.5. The Bertz CT molecular complexity index is 537. The van der Waals surface area contributed by atoms with E-state index in [0.29, 0.717) is 13.2 Å². The lowest BCUT2D eigenvalue weighted by Crippen LogP contribution is -2.12. The fraction of sp³-hybridized carbons (Fsp3) is 0.333. The average Bonchev–Trinajstić information content (AvgIpc) is 2.52. The van der Waals surface area contributed by atoms with Gasteiger partial charge in [0.1, 0.15) is 6.61 Å². The molecule has 0 bridgehead atoms. The predicted molar refractivity (Wildman–Crippen MR) is 87.4 cm³/mol. The van der Waals surface area contributed by atoms with Crippen LogP contribution in [0, 0.1) is 6.92 Å². The van der Waals surface area contributed by atoms with E-state index in [1.54, 1.807) is 0 Å². The van der Waals surface area contributed by atoms with Crippen LogP contribution in [0.4, 0.5) is 5.69 Å². The number of anilines is 1. The zero-order chi connectivity index (χ0) is 14.9. The molecule has 0 fully saturated rings. The van der Waals surface area contributed by atoms with E-state index in [1.807, 2.05) is 24.3 Å². The van der Waals surface area contributed by atoms with E-state index < -0.39 is 0 Å². The summed E-state index contributed by atoms with van der Waals surface area (Å²) >= 11 is 0. The number of benzene rings is 2. The molecule has 0 aliphatic heterocycles. The minimum Gasteiger partial charge on any atom is -0.490 e. The van der Waals surface area contributed by atoms with Gasteiger partial charge in [0.05, 0.1) is 6.61 Å². The van der Waals surface area contributed by atoms with Gasteiger partial charge in [-0.2, -0.15) is 0 Å². The normalized spacial score (nSPS) is 10.2. The number of para-hydroxylation sites is 2. The molecule has 0 heterocycles. The smallest absolute Gasteiger partial charge is 0.161 e. The Kier molecular flexibility index (Phi) is 5.95. The lowest BCUT2D eigenvalue weighted by molar-refractivity contribution is 0.274. The van der Waals surface area contributed by atoms with Crippen molar-refractivity contribution in [1.29, 1.82) is 0 Å². The first-order valence-corrected chi connectivity index (χ1v) is 7.44. The quantitative estimate of drug-likeness (QED) is 0.735. The maximum absolute atomic E-state index is 5.79. The fourth-order valence-corrected chi connectivity index (χ4v) is 1.93. The van der Waals surface area contributed by atoms with Crippen molar-refractivity contribution < 1.29 is 9.47 Å². The van der Waals surface area contributed by atoms with Gasteiger partial charge in [0, 0.05) is 12.2 Å². The van der Waals surface area contributed by atoms with Gasteiger partial charge in [-0.05, 0) is 37.6 Å². The summed E-state index contributed by atoms with van der Waals surface area (Å²) in [4.78, 5) is 0. The maximum atomic E-state index is 5.79. The van der Waals surface area contributed by atoms with E-state index in [-0.39, 0.29) is 0 Å². The molecule has 2 aromatic carbocycles. The molecule has 0 amide bonds. The Balaban J connectivity index is 1.79. The highest BCUT2D eigenvalue weighted by atomic mass is 16.5. The molecule has 0 saturated carbocycles. The van der Waals surface area contributed by atoms with Gasteiger partial charge in [0.15, 0.2) is 11.5 Å². The highest BCUT2D eigenvalue weighted by molar-refractivity contribution is 5.44. The first kappa shape index (κ1) is 15.2. The predicted octanol–water partition coefficient (Wildman–Crippen LogP) is 4.27. The van der Waals surface area contributed by atoms with E-state index in [1.165, 1.54) is 5.56 Å². The molecule has 0 spiro atoms. The third-order valence-electron chi connectivity index (χ3n) is 3.05. The van der Waals surface area contributed by atoms with Crippen molar-refractivity contribution in [3.8, 4) is 11.5 Å². The molecule has 2 aromatic rings.